The van der Waals surface area contributed by atoms with Gasteiger partial charge in [-0.25, -0.2) is 4.39 Å². The van der Waals surface area contributed by atoms with Crippen LogP contribution in [0.3, 0.4) is 0 Å². The second kappa shape index (κ2) is 9.80. The second-order valence-electron chi connectivity index (χ2n) is 7.48. The maximum Gasteiger partial charge on any atom is 0.292 e. The fraction of sp³-hybridized carbons (Fsp3) is 0.167. The molecule has 0 saturated carbocycles. The summed E-state index contributed by atoms with van der Waals surface area (Å²) in [5.74, 6) is 0.735. The Morgan fingerprint density at radius 3 is 2.79 bits per heavy atom. The Bertz CT molecular complexity index is 1300. The van der Waals surface area contributed by atoms with E-state index in [1.54, 1.807) is 24.4 Å². The van der Waals surface area contributed by atoms with Gasteiger partial charge in [0.05, 0.1) is 11.0 Å². The van der Waals surface area contributed by atoms with Crippen LogP contribution in [0.2, 0.25) is 5.02 Å². The summed E-state index contributed by atoms with van der Waals surface area (Å²) in [6, 6.07) is 13.6. The number of hydrogen-bond acceptors (Lipinski definition) is 4. The van der Waals surface area contributed by atoms with Gasteiger partial charge in [-0.2, -0.15) is 5.10 Å². The zero-order valence-corrected chi connectivity index (χ0v) is 20.2. The van der Waals surface area contributed by atoms with Gasteiger partial charge in [0.1, 0.15) is 23.9 Å². The van der Waals surface area contributed by atoms with E-state index in [4.69, 9.17) is 20.8 Å². The number of anilines is 1. The lowest BCUT2D eigenvalue weighted by Crippen LogP contribution is -2.12. The summed E-state index contributed by atoms with van der Waals surface area (Å²) in [6.45, 7) is 4.35. The average Bonchev–Trinajstić information content (AvgIpc) is 3.38. The van der Waals surface area contributed by atoms with Gasteiger partial charge in [0.15, 0.2) is 11.6 Å². The summed E-state index contributed by atoms with van der Waals surface area (Å²) >= 11 is 9.45. The highest BCUT2D eigenvalue weighted by molar-refractivity contribution is 9.10. The standard InChI is InChI=1S/C24H20BrClFN3O3/c1-14-6-7-16(10-15(14)2)32-13-17-8-9-22(33-17)24(31)28-23-19(25)12-30(29-23)11-18-20(26)4-3-5-21(18)27/h3-10,12H,11,13H2,1-2H3,(H,28,29,31). The predicted molar refractivity (Wildman–Crippen MR) is 127 cm³/mol. The lowest BCUT2D eigenvalue weighted by molar-refractivity contribution is 0.0992. The highest BCUT2D eigenvalue weighted by atomic mass is 79.9. The smallest absolute Gasteiger partial charge is 0.292 e. The summed E-state index contributed by atoms with van der Waals surface area (Å²) < 4.78 is 27.4. The van der Waals surface area contributed by atoms with Crippen molar-refractivity contribution in [2.45, 2.75) is 27.0 Å². The van der Waals surface area contributed by atoms with Gasteiger partial charge in [-0.3, -0.25) is 9.48 Å². The fourth-order valence-corrected chi connectivity index (χ4v) is 3.75. The Balaban J connectivity index is 1.39. The van der Waals surface area contributed by atoms with E-state index in [-0.39, 0.29) is 24.7 Å². The van der Waals surface area contributed by atoms with Crippen molar-refractivity contribution in [3.63, 3.8) is 0 Å². The van der Waals surface area contributed by atoms with Crippen molar-refractivity contribution in [2.75, 3.05) is 5.32 Å². The van der Waals surface area contributed by atoms with Crippen molar-refractivity contribution in [3.8, 4) is 5.75 Å². The van der Waals surface area contributed by atoms with Gasteiger partial charge >= 0.3 is 0 Å². The molecule has 0 bridgehead atoms. The van der Waals surface area contributed by atoms with Gasteiger partial charge in [0.2, 0.25) is 0 Å². The van der Waals surface area contributed by atoms with Crippen molar-refractivity contribution in [1.29, 1.82) is 0 Å². The van der Waals surface area contributed by atoms with E-state index in [0.29, 0.717) is 20.8 Å². The molecule has 0 saturated heterocycles. The first kappa shape index (κ1) is 23.1. The van der Waals surface area contributed by atoms with Crippen LogP contribution >= 0.6 is 27.5 Å². The minimum absolute atomic E-state index is 0.112. The molecule has 1 amide bonds. The molecule has 33 heavy (non-hydrogen) atoms. The number of benzene rings is 2. The number of nitrogens with one attached hydrogen (secondary N) is 1. The Morgan fingerprint density at radius 1 is 1.21 bits per heavy atom. The van der Waals surface area contributed by atoms with Crippen molar-refractivity contribution in [2.24, 2.45) is 0 Å². The first-order valence-electron chi connectivity index (χ1n) is 10.1. The molecule has 9 heteroatoms. The van der Waals surface area contributed by atoms with Crippen LogP contribution < -0.4 is 10.1 Å². The third-order valence-corrected chi connectivity index (χ3v) is 6.01. The fourth-order valence-electron chi connectivity index (χ4n) is 3.11. The van der Waals surface area contributed by atoms with Crippen LogP contribution in [0, 0.1) is 19.7 Å². The molecule has 0 spiro atoms. The number of ether oxygens (including phenoxy) is 1. The van der Waals surface area contributed by atoms with Crippen molar-refractivity contribution >= 4 is 39.3 Å². The molecule has 4 aromatic rings. The lowest BCUT2D eigenvalue weighted by Gasteiger charge is -2.07. The number of hydrogen-bond donors (Lipinski definition) is 1. The molecule has 2 aromatic carbocycles. The van der Waals surface area contributed by atoms with Crippen LogP contribution in [-0.2, 0) is 13.2 Å². The van der Waals surface area contributed by atoms with Gasteiger partial charge < -0.3 is 14.5 Å². The SMILES string of the molecule is Cc1ccc(OCc2ccc(C(=O)Nc3nn(Cc4c(F)cccc4Cl)cc3Br)o2)cc1C. The van der Waals surface area contributed by atoms with Crippen LogP contribution in [0.15, 0.2) is 63.6 Å². The van der Waals surface area contributed by atoms with E-state index in [1.165, 1.54) is 22.4 Å². The Hall–Kier alpha value is -3.10. The molecule has 0 aliphatic heterocycles. The van der Waals surface area contributed by atoms with E-state index < -0.39 is 11.7 Å². The summed E-state index contributed by atoms with van der Waals surface area (Å²) in [7, 11) is 0. The van der Waals surface area contributed by atoms with Crippen LogP contribution in [0.5, 0.6) is 5.75 Å². The zero-order valence-electron chi connectivity index (χ0n) is 17.9. The highest BCUT2D eigenvalue weighted by Gasteiger charge is 2.17. The molecule has 0 unspecified atom stereocenters. The van der Waals surface area contributed by atoms with Crippen LogP contribution in [-0.4, -0.2) is 15.7 Å². The number of halogens is 3. The van der Waals surface area contributed by atoms with Crippen molar-refractivity contribution in [3.05, 3.63) is 98.3 Å². The van der Waals surface area contributed by atoms with Crippen LogP contribution in [0.25, 0.3) is 0 Å². The number of rotatable bonds is 7. The molecular weight excluding hydrogens is 513 g/mol. The third kappa shape index (κ3) is 5.46. The third-order valence-electron chi connectivity index (χ3n) is 5.08. The van der Waals surface area contributed by atoms with Crippen molar-refractivity contribution in [1.82, 2.24) is 9.78 Å². The number of furan rings is 1. The quantitative estimate of drug-likeness (QED) is 0.294. The number of aryl methyl sites for hydroxylation is 2. The molecule has 170 valence electrons. The summed E-state index contributed by atoms with van der Waals surface area (Å²) in [5, 5.41) is 7.28. The zero-order chi connectivity index (χ0) is 23.5. The Labute approximate surface area is 203 Å². The molecule has 0 fully saturated rings. The summed E-state index contributed by atoms with van der Waals surface area (Å²) in [6.07, 6.45) is 1.63. The minimum atomic E-state index is -0.470. The molecule has 1 N–H and O–H groups in total. The van der Waals surface area contributed by atoms with Gasteiger partial charge in [-0.15, -0.1) is 0 Å². The maximum absolute atomic E-state index is 14.1. The predicted octanol–water partition coefficient (Wildman–Crippen LogP) is 6.53. The number of aromatic nitrogens is 2. The van der Waals surface area contributed by atoms with Crippen molar-refractivity contribution < 1.29 is 18.3 Å². The largest absolute Gasteiger partial charge is 0.486 e. The molecule has 0 aliphatic carbocycles. The normalized spacial score (nSPS) is 10.9. The summed E-state index contributed by atoms with van der Waals surface area (Å²) in [5.41, 5.74) is 2.63. The number of carbonyl (C=O) groups excluding carboxylic acids is 1. The maximum atomic E-state index is 14.1. The van der Waals surface area contributed by atoms with E-state index in [9.17, 15) is 9.18 Å². The van der Waals surface area contributed by atoms with E-state index in [2.05, 4.69) is 26.3 Å². The molecule has 2 aromatic heterocycles. The van der Waals surface area contributed by atoms with E-state index in [1.807, 2.05) is 32.0 Å². The number of carbonyl (C=O) groups is 1. The Morgan fingerprint density at radius 2 is 2.03 bits per heavy atom. The van der Waals surface area contributed by atoms with Crippen LogP contribution in [0.1, 0.15) is 33.0 Å². The molecule has 2 heterocycles. The molecule has 6 nitrogen and oxygen atoms in total. The summed E-state index contributed by atoms with van der Waals surface area (Å²) in [4.78, 5) is 12.6. The lowest BCUT2D eigenvalue weighted by atomic mass is 10.1. The van der Waals surface area contributed by atoms with Gasteiger partial charge in [0, 0.05) is 16.8 Å². The molecule has 0 radical (unpaired) electrons. The van der Waals surface area contributed by atoms with E-state index >= 15 is 0 Å². The monoisotopic (exact) mass is 531 g/mol. The minimum Gasteiger partial charge on any atom is -0.486 e. The van der Waals surface area contributed by atoms with E-state index in [0.717, 1.165) is 11.3 Å². The average molecular weight is 533 g/mol. The van der Waals surface area contributed by atoms with Gasteiger partial charge in [-0.1, -0.05) is 23.7 Å². The number of nitrogens with zero attached hydrogens (tertiary/aromatic N) is 2. The first-order valence-corrected chi connectivity index (χ1v) is 11.2. The second-order valence-corrected chi connectivity index (χ2v) is 8.74. The molecule has 0 atom stereocenters. The molecule has 4 rings (SSSR count). The molecular formula is C24H20BrClFN3O3. The Kier molecular flexibility index (Phi) is 6.85. The van der Waals surface area contributed by atoms with Crippen LogP contribution in [0.4, 0.5) is 10.2 Å². The van der Waals surface area contributed by atoms with Gasteiger partial charge in [0.25, 0.3) is 5.91 Å². The highest BCUT2D eigenvalue weighted by Crippen LogP contribution is 2.25. The van der Waals surface area contributed by atoms with Gasteiger partial charge in [-0.05, 0) is 77.3 Å². The molecule has 0 aliphatic rings. The number of amides is 1. The topological polar surface area (TPSA) is 69.3 Å². The first-order chi connectivity index (χ1) is 15.8.